The fourth-order valence-corrected chi connectivity index (χ4v) is 0.724. The second-order valence-corrected chi connectivity index (χ2v) is 1.90. The first-order valence-electron chi connectivity index (χ1n) is 2.65. The van der Waals surface area contributed by atoms with Crippen molar-refractivity contribution in [3.05, 3.63) is 16.4 Å². The fraction of sp³-hybridized carbons (Fsp3) is 0. The third-order valence-corrected chi connectivity index (χ3v) is 1.27. The van der Waals surface area contributed by atoms with Crippen LogP contribution in [0.1, 0.15) is 0 Å². The summed E-state index contributed by atoms with van der Waals surface area (Å²) in [6, 6.07) is 0. The van der Waals surface area contributed by atoms with Crippen LogP contribution in [0.5, 0.6) is 5.75 Å². The maximum Gasteiger partial charge on any atom is 0.252 e. The Kier molecular flexibility index (Phi) is 0.743. The van der Waals surface area contributed by atoms with Crippen molar-refractivity contribution in [3.8, 4) is 5.75 Å². The van der Waals surface area contributed by atoms with Gasteiger partial charge in [0.25, 0.3) is 5.43 Å². The Morgan fingerprint density at radius 2 is 2.30 bits per heavy atom. The van der Waals surface area contributed by atoms with Gasteiger partial charge < -0.3 is 10.1 Å². The number of hydrogen-bond acceptors (Lipinski definition) is 4. The summed E-state index contributed by atoms with van der Waals surface area (Å²) < 4.78 is 0. The molecule has 0 fully saturated rings. The molecule has 2 N–H and O–H groups in total. The molecule has 0 amide bonds. The van der Waals surface area contributed by atoms with E-state index in [0.29, 0.717) is 5.82 Å². The lowest BCUT2D eigenvalue weighted by Crippen LogP contribution is -2.03. The molecule has 2 rings (SSSR count). The summed E-state index contributed by atoms with van der Waals surface area (Å²) in [6.45, 7) is 0. The second-order valence-electron chi connectivity index (χ2n) is 1.90. The van der Waals surface area contributed by atoms with E-state index in [2.05, 4.69) is 15.2 Å². The lowest BCUT2D eigenvalue weighted by Gasteiger charge is -2.04. The molecule has 0 saturated heterocycles. The minimum absolute atomic E-state index is 0.208. The summed E-state index contributed by atoms with van der Waals surface area (Å²) in [5, 5.41) is 15.7. The Morgan fingerprint density at radius 3 is 2.80 bits per heavy atom. The zero-order valence-electron chi connectivity index (χ0n) is 4.83. The molecular weight excluding hydrogens is 134 g/mol. The highest BCUT2D eigenvalue weighted by Gasteiger charge is 2.15. The van der Waals surface area contributed by atoms with Crippen molar-refractivity contribution in [2.45, 2.75) is 0 Å². The molecule has 5 heteroatoms. The van der Waals surface area contributed by atoms with E-state index in [4.69, 9.17) is 5.11 Å². The Balaban J connectivity index is 2.83. The van der Waals surface area contributed by atoms with E-state index < -0.39 is 5.43 Å². The number of aromatic amines is 1. The SMILES string of the molecule is O=c1c(O)c[nH]c2c1N=N2. The summed E-state index contributed by atoms with van der Waals surface area (Å²) in [5.41, 5.74) is -0.260. The highest BCUT2D eigenvalue weighted by molar-refractivity contribution is 5.62. The first kappa shape index (κ1) is 5.16. The molecule has 5 nitrogen and oxygen atoms in total. The van der Waals surface area contributed by atoms with E-state index in [9.17, 15) is 4.79 Å². The van der Waals surface area contributed by atoms with E-state index in [1.807, 2.05) is 0 Å². The third-order valence-electron chi connectivity index (χ3n) is 1.27. The first-order valence-corrected chi connectivity index (χ1v) is 2.65. The van der Waals surface area contributed by atoms with Gasteiger partial charge in [-0.2, -0.15) is 0 Å². The number of nitrogens with one attached hydrogen (secondary N) is 1. The minimum atomic E-state index is -0.469. The first-order chi connectivity index (χ1) is 4.79. The zero-order chi connectivity index (χ0) is 7.14. The van der Waals surface area contributed by atoms with Crippen molar-refractivity contribution >= 4 is 11.5 Å². The van der Waals surface area contributed by atoms with Gasteiger partial charge in [0.05, 0.1) is 0 Å². The molecule has 10 heavy (non-hydrogen) atoms. The van der Waals surface area contributed by atoms with Gasteiger partial charge >= 0.3 is 0 Å². The van der Waals surface area contributed by atoms with Crippen LogP contribution >= 0.6 is 0 Å². The van der Waals surface area contributed by atoms with Gasteiger partial charge in [-0.25, -0.2) is 0 Å². The van der Waals surface area contributed by atoms with E-state index in [0.717, 1.165) is 0 Å². The summed E-state index contributed by atoms with van der Waals surface area (Å²) >= 11 is 0. The van der Waals surface area contributed by atoms with Crippen LogP contribution < -0.4 is 5.43 Å². The maximum atomic E-state index is 10.8. The molecule has 0 radical (unpaired) electrons. The van der Waals surface area contributed by atoms with Crippen molar-refractivity contribution in [1.29, 1.82) is 0 Å². The molecule has 0 aromatic carbocycles. The van der Waals surface area contributed by atoms with E-state index in [1.165, 1.54) is 6.20 Å². The van der Waals surface area contributed by atoms with Crippen LogP contribution in [-0.2, 0) is 0 Å². The van der Waals surface area contributed by atoms with Crippen molar-refractivity contribution < 1.29 is 5.11 Å². The molecule has 1 aliphatic rings. The normalized spacial score (nSPS) is 12.4. The third kappa shape index (κ3) is 0.439. The summed E-state index contributed by atoms with van der Waals surface area (Å²) in [5.74, 6) is 0.111. The molecule has 1 aliphatic heterocycles. The van der Waals surface area contributed by atoms with Gasteiger partial charge in [-0.3, -0.25) is 4.79 Å². The second kappa shape index (κ2) is 1.44. The van der Waals surface area contributed by atoms with Crippen LogP contribution in [-0.4, -0.2) is 10.1 Å². The standard InChI is InChI=1S/C5H3N3O2/c9-2-1-6-5-3(4(2)10)7-8-5/h1,9H,(H,6,8,10). The Bertz CT molecular complexity index is 366. The Morgan fingerprint density at radius 1 is 1.50 bits per heavy atom. The summed E-state index contributed by atoms with van der Waals surface area (Å²) in [6.07, 6.45) is 1.19. The van der Waals surface area contributed by atoms with Gasteiger partial charge in [0.2, 0.25) is 0 Å². The topological polar surface area (TPSA) is 77.8 Å². The molecule has 50 valence electrons. The molecule has 1 aromatic heterocycles. The quantitative estimate of drug-likeness (QED) is 0.563. The van der Waals surface area contributed by atoms with E-state index in [-0.39, 0.29) is 11.4 Å². The van der Waals surface area contributed by atoms with Crippen molar-refractivity contribution in [2.24, 2.45) is 10.2 Å². The van der Waals surface area contributed by atoms with Gasteiger partial charge in [-0.1, -0.05) is 0 Å². The molecule has 0 atom stereocenters. The van der Waals surface area contributed by atoms with Gasteiger partial charge in [0.1, 0.15) is 0 Å². The number of azo groups is 1. The van der Waals surface area contributed by atoms with Gasteiger partial charge in [-0.15, -0.1) is 10.2 Å². The molecule has 0 saturated carbocycles. The average molecular weight is 137 g/mol. The van der Waals surface area contributed by atoms with Gasteiger partial charge in [0, 0.05) is 6.20 Å². The fourth-order valence-electron chi connectivity index (χ4n) is 0.724. The van der Waals surface area contributed by atoms with Crippen molar-refractivity contribution in [1.82, 2.24) is 4.98 Å². The highest BCUT2D eigenvalue weighted by Crippen LogP contribution is 2.32. The molecule has 0 aliphatic carbocycles. The highest BCUT2D eigenvalue weighted by atomic mass is 16.3. The van der Waals surface area contributed by atoms with E-state index in [1.54, 1.807) is 0 Å². The minimum Gasteiger partial charge on any atom is -0.503 e. The maximum absolute atomic E-state index is 10.8. The number of H-pyrrole nitrogens is 1. The summed E-state index contributed by atoms with van der Waals surface area (Å²) in [7, 11) is 0. The molecule has 1 aromatic rings. The Labute approximate surface area is 55.0 Å². The van der Waals surface area contributed by atoms with Crippen molar-refractivity contribution in [3.63, 3.8) is 0 Å². The number of aromatic hydroxyl groups is 1. The number of pyridine rings is 1. The van der Waals surface area contributed by atoms with Crippen LogP contribution in [0.4, 0.5) is 11.5 Å². The lowest BCUT2D eigenvalue weighted by atomic mass is 10.3. The van der Waals surface area contributed by atoms with Crippen molar-refractivity contribution in [2.75, 3.05) is 0 Å². The average Bonchev–Trinajstić information content (AvgIpc) is 1.82. The number of fused-ring (bicyclic) bond motifs is 1. The van der Waals surface area contributed by atoms with Crippen LogP contribution in [0.25, 0.3) is 0 Å². The predicted molar refractivity (Wildman–Crippen MR) is 32.9 cm³/mol. The molecule has 0 bridgehead atoms. The molecular formula is C5H3N3O2. The van der Waals surface area contributed by atoms with Crippen LogP contribution in [0.3, 0.4) is 0 Å². The van der Waals surface area contributed by atoms with Gasteiger partial charge in [-0.05, 0) is 0 Å². The summed E-state index contributed by atoms with van der Waals surface area (Å²) in [4.78, 5) is 13.4. The number of aromatic nitrogens is 1. The monoisotopic (exact) mass is 137 g/mol. The van der Waals surface area contributed by atoms with Gasteiger partial charge in [0.15, 0.2) is 17.3 Å². The molecule has 0 spiro atoms. The number of rotatable bonds is 0. The smallest absolute Gasteiger partial charge is 0.252 e. The zero-order valence-corrected chi connectivity index (χ0v) is 4.83. The number of hydrogen-bond donors (Lipinski definition) is 2. The molecule has 2 heterocycles. The Hall–Kier alpha value is -1.65. The number of nitrogens with zero attached hydrogens (tertiary/aromatic N) is 2. The van der Waals surface area contributed by atoms with E-state index >= 15 is 0 Å². The lowest BCUT2D eigenvalue weighted by molar-refractivity contribution is 0.467. The van der Waals surface area contributed by atoms with Crippen LogP contribution in [0.15, 0.2) is 21.2 Å². The van der Waals surface area contributed by atoms with Crippen LogP contribution in [0.2, 0.25) is 0 Å². The van der Waals surface area contributed by atoms with Crippen LogP contribution in [0, 0.1) is 0 Å². The largest absolute Gasteiger partial charge is 0.503 e. The predicted octanol–water partition coefficient (Wildman–Crippen LogP) is 0.809. The molecule has 0 unspecified atom stereocenters.